The number of alkyl halides is 1. The lowest BCUT2D eigenvalue weighted by molar-refractivity contribution is -0.148. The molecule has 0 aromatic heterocycles. The van der Waals surface area contributed by atoms with Crippen molar-refractivity contribution in [3.05, 3.63) is 0 Å². The number of halogens is 1. The summed E-state index contributed by atoms with van der Waals surface area (Å²) >= 11 is 0. The second-order valence-corrected chi connectivity index (χ2v) is 4.46. The summed E-state index contributed by atoms with van der Waals surface area (Å²) in [7, 11) is 0. The van der Waals surface area contributed by atoms with E-state index in [0.717, 1.165) is 25.9 Å². The molecule has 0 N–H and O–H groups in total. The molecule has 1 aliphatic carbocycles. The molecule has 13 heavy (non-hydrogen) atoms. The van der Waals surface area contributed by atoms with Crippen LogP contribution < -0.4 is 0 Å². The van der Waals surface area contributed by atoms with Crippen LogP contribution in [0.4, 0.5) is 4.39 Å². The van der Waals surface area contributed by atoms with Crippen LogP contribution in [0.2, 0.25) is 0 Å². The maximum Gasteiger partial charge on any atom is 0.260 e. The van der Waals surface area contributed by atoms with Crippen molar-refractivity contribution in [1.82, 2.24) is 4.90 Å². The molecule has 0 aromatic rings. The first-order valence-corrected chi connectivity index (χ1v) is 5.10. The molecule has 3 heteroatoms. The maximum atomic E-state index is 13.7. The molecule has 1 saturated heterocycles. The van der Waals surface area contributed by atoms with Crippen molar-refractivity contribution in [3.63, 3.8) is 0 Å². The zero-order valence-electron chi connectivity index (χ0n) is 8.05. The molecule has 1 aliphatic heterocycles. The van der Waals surface area contributed by atoms with Crippen molar-refractivity contribution in [2.24, 2.45) is 5.92 Å². The number of carbonyl (C=O) groups is 1. The summed E-state index contributed by atoms with van der Waals surface area (Å²) < 4.78 is 13.7. The van der Waals surface area contributed by atoms with E-state index in [9.17, 15) is 9.18 Å². The zero-order valence-corrected chi connectivity index (χ0v) is 8.05. The quantitative estimate of drug-likeness (QED) is 0.609. The number of hydrogen-bond donors (Lipinski definition) is 0. The van der Waals surface area contributed by atoms with Crippen LogP contribution in [0.25, 0.3) is 0 Å². The van der Waals surface area contributed by atoms with Crippen LogP contribution in [0.1, 0.15) is 32.6 Å². The summed E-state index contributed by atoms with van der Waals surface area (Å²) in [6.45, 7) is 3.62. The lowest BCUT2D eigenvalue weighted by atomic mass is 9.81. The highest BCUT2D eigenvalue weighted by atomic mass is 19.1. The van der Waals surface area contributed by atoms with Crippen molar-refractivity contribution < 1.29 is 9.18 Å². The molecule has 0 radical (unpaired) electrons. The molecule has 1 amide bonds. The van der Waals surface area contributed by atoms with Gasteiger partial charge in [-0.1, -0.05) is 6.92 Å². The number of amides is 1. The second kappa shape index (κ2) is 2.96. The summed E-state index contributed by atoms with van der Waals surface area (Å²) in [6.07, 6.45) is 2.78. The highest BCUT2D eigenvalue weighted by molar-refractivity contribution is 5.86. The maximum absolute atomic E-state index is 13.7. The number of likely N-dealkylation sites (tertiary alicyclic amines) is 1. The topological polar surface area (TPSA) is 20.3 Å². The van der Waals surface area contributed by atoms with E-state index in [0.29, 0.717) is 18.8 Å². The van der Waals surface area contributed by atoms with Gasteiger partial charge in [0.25, 0.3) is 5.91 Å². The molecular formula is C10H16FNO. The Balaban J connectivity index is 1.97. The fraction of sp³-hybridized carbons (Fsp3) is 0.900. The Bertz CT molecular complexity index is 225. The van der Waals surface area contributed by atoms with Crippen LogP contribution in [0.3, 0.4) is 0 Å². The fourth-order valence-corrected chi connectivity index (χ4v) is 2.10. The molecule has 0 bridgehead atoms. The van der Waals surface area contributed by atoms with E-state index >= 15 is 0 Å². The van der Waals surface area contributed by atoms with Crippen LogP contribution in [0, 0.1) is 5.92 Å². The van der Waals surface area contributed by atoms with Gasteiger partial charge in [0, 0.05) is 13.1 Å². The monoisotopic (exact) mass is 185 g/mol. The summed E-state index contributed by atoms with van der Waals surface area (Å²) in [4.78, 5) is 13.3. The Labute approximate surface area is 78.1 Å². The van der Waals surface area contributed by atoms with E-state index in [-0.39, 0.29) is 5.91 Å². The van der Waals surface area contributed by atoms with Crippen molar-refractivity contribution >= 4 is 5.91 Å². The van der Waals surface area contributed by atoms with Crippen LogP contribution >= 0.6 is 0 Å². The Hall–Kier alpha value is -0.600. The van der Waals surface area contributed by atoms with Gasteiger partial charge in [0.15, 0.2) is 5.67 Å². The van der Waals surface area contributed by atoms with Crippen LogP contribution in [0.5, 0.6) is 0 Å². The largest absolute Gasteiger partial charge is 0.340 e. The first-order chi connectivity index (χ1) is 6.12. The zero-order chi connectivity index (χ0) is 9.47. The van der Waals surface area contributed by atoms with E-state index in [4.69, 9.17) is 0 Å². The minimum absolute atomic E-state index is 0.247. The Morgan fingerprint density at radius 1 is 1.54 bits per heavy atom. The number of hydrogen-bond acceptors (Lipinski definition) is 1. The average molecular weight is 185 g/mol. The Morgan fingerprint density at radius 2 is 2.23 bits per heavy atom. The first-order valence-electron chi connectivity index (χ1n) is 5.10. The van der Waals surface area contributed by atoms with Gasteiger partial charge in [-0.25, -0.2) is 4.39 Å². The molecule has 1 unspecified atom stereocenters. The van der Waals surface area contributed by atoms with Crippen LogP contribution in [-0.4, -0.2) is 29.6 Å². The summed E-state index contributed by atoms with van der Waals surface area (Å²) in [5.74, 6) is 0.302. The first kappa shape index (κ1) is 8.97. The Morgan fingerprint density at radius 3 is 2.62 bits per heavy atom. The van der Waals surface area contributed by atoms with Crippen molar-refractivity contribution in [2.75, 3.05) is 13.1 Å². The van der Waals surface area contributed by atoms with Gasteiger partial charge in [0.1, 0.15) is 0 Å². The van der Waals surface area contributed by atoms with Crippen molar-refractivity contribution in [1.29, 1.82) is 0 Å². The summed E-state index contributed by atoms with van der Waals surface area (Å²) in [5, 5.41) is 0. The third-order valence-corrected chi connectivity index (χ3v) is 3.24. The average Bonchev–Trinajstić information content (AvgIpc) is 2.46. The molecule has 1 saturated carbocycles. The molecule has 1 heterocycles. The molecule has 2 fully saturated rings. The lowest BCUT2D eigenvalue weighted by Gasteiger charge is -2.35. The van der Waals surface area contributed by atoms with Gasteiger partial charge in [0.2, 0.25) is 0 Å². The van der Waals surface area contributed by atoms with E-state index in [1.807, 2.05) is 0 Å². The molecule has 0 spiro atoms. The van der Waals surface area contributed by atoms with E-state index in [2.05, 4.69) is 6.92 Å². The normalized spacial score (nSPS) is 31.5. The van der Waals surface area contributed by atoms with Gasteiger partial charge in [-0.05, 0) is 31.6 Å². The molecule has 74 valence electrons. The third kappa shape index (κ3) is 1.45. The fourth-order valence-electron chi connectivity index (χ4n) is 2.10. The van der Waals surface area contributed by atoms with Crippen LogP contribution in [0.15, 0.2) is 0 Å². The van der Waals surface area contributed by atoms with Gasteiger partial charge in [-0.3, -0.25) is 4.79 Å². The van der Waals surface area contributed by atoms with Crippen molar-refractivity contribution in [2.45, 2.75) is 38.3 Å². The minimum atomic E-state index is -1.48. The van der Waals surface area contributed by atoms with Gasteiger partial charge < -0.3 is 4.90 Å². The summed E-state index contributed by atoms with van der Waals surface area (Å²) in [6, 6.07) is 0. The molecule has 0 aromatic carbocycles. The Kier molecular flexibility index (Phi) is 2.05. The molecule has 1 atom stereocenters. The molecule has 2 nitrogen and oxygen atoms in total. The van der Waals surface area contributed by atoms with Gasteiger partial charge in [-0.15, -0.1) is 0 Å². The van der Waals surface area contributed by atoms with Gasteiger partial charge in [0.05, 0.1) is 0 Å². The van der Waals surface area contributed by atoms with Crippen LogP contribution in [-0.2, 0) is 4.79 Å². The smallest absolute Gasteiger partial charge is 0.260 e. The molecule has 2 aliphatic rings. The highest BCUT2D eigenvalue weighted by Crippen LogP contribution is 2.38. The van der Waals surface area contributed by atoms with E-state index in [1.165, 1.54) is 0 Å². The highest BCUT2D eigenvalue weighted by Gasteiger charge is 2.47. The molecular weight excluding hydrogens is 169 g/mol. The minimum Gasteiger partial charge on any atom is -0.340 e. The summed E-state index contributed by atoms with van der Waals surface area (Å²) in [5.41, 5.74) is -1.48. The van der Waals surface area contributed by atoms with Gasteiger partial charge in [-0.2, -0.15) is 0 Å². The number of nitrogens with zero attached hydrogens (tertiary/aromatic N) is 1. The standard InChI is InChI=1S/C10H16FNO/c1-8-3-6-12(7-8)9(13)10(11)4-2-5-10/h8H,2-7H2,1H3. The van der Waals surface area contributed by atoms with Crippen molar-refractivity contribution in [3.8, 4) is 0 Å². The van der Waals surface area contributed by atoms with Gasteiger partial charge >= 0.3 is 0 Å². The molecule has 2 rings (SSSR count). The number of carbonyl (C=O) groups excluding carboxylic acids is 1. The predicted molar refractivity (Wildman–Crippen MR) is 48.1 cm³/mol. The number of rotatable bonds is 1. The third-order valence-electron chi connectivity index (χ3n) is 3.24. The van der Waals surface area contributed by atoms with E-state index < -0.39 is 5.67 Å². The second-order valence-electron chi connectivity index (χ2n) is 4.46. The van der Waals surface area contributed by atoms with E-state index in [1.54, 1.807) is 4.90 Å². The lowest BCUT2D eigenvalue weighted by Crippen LogP contribution is -2.49. The SMILES string of the molecule is CC1CCN(C(=O)C2(F)CCC2)C1. The predicted octanol–water partition coefficient (Wildman–Crippen LogP) is 1.75.